The van der Waals surface area contributed by atoms with Crippen LogP contribution >= 0.6 is 0 Å². The van der Waals surface area contributed by atoms with Gasteiger partial charge in [-0.15, -0.1) is 0 Å². The van der Waals surface area contributed by atoms with Gasteiger partial charge in [0.1, 0.15) is 11.5 Å². The highest BCUT2D eigenvalue weighted by Crippen LogP contribution is 2.30. The van der Waals surface area contributed by atoms with Crippen LogP contribution in [0.1, 0.15) is 12.7 Å². The Morgan fingerprint density at radius 2 is 2.17 bits per heavy atom. The van der Waals surface area contributed by atoms with Gasteiger partial charge in [-0.25, -0.2) is 13.1 Å². The minimum Gasteiger partial charge on any atom is -0.482 e. The minimum absolute atomic E-state index is 0.0633. The van der Waals surface area contributed by atoms with Crippen molar-refractivity contribution in [1.29, 1.82) is 0 Å². The van der Waals surface area contributed by atoms with Gasteiger partial charge >= 0.3 is 0 Å². The number of amides is 1. The maximum Gasteiger partial charge on any atom is 0.262 e. The summed E-state index contributed by atoms with van der Waals surface area (Å²) >= 11 is 0. The zero-order valence-corrected chi connectivity index (χ0v) is 13.2. The summed E-state index contributed by atoms with van der Waals surface area (Å²) < 4.78 is 37.9. The van der Waals surface area contributed by atoms with Crippen LogP contribution in [0.3, 0.4) is 0 Å². The van der Waals surface area contributed by atoms with Crippen molar-refractivity contribution in [3.8, 4) is 5.75 Å². The number of ether oxygens (including phenoxy) is 1. The maximum absolute atomic E-state index is 12.4. The molecule has 2 heterocycles. The Morgan fingerprint density at radius 1 is 1.35 bits per heavy atom. The summed E-state index contributed by atoms with van der Waals surface area (Å²) in [7, 11) is -3.71. The molecule has 1 amide bonds. The molecule has 0 radical (unpaired) electrons. The van der Waals surface area contributed by atoms with Crippen LogP contribution in [0.2, 0.25) is 0 Å². The van der Waals surface area contributed by atoms with E-state index in [-0.39, 0.29) is 23.5 Å². The van der Waals surface area contributed by atoms with E-state index in [1.54, 1.807) is 25.3 Å². The molecule has 7 nitrogen and oxygen atoms in total. The molecule has 8 heteroatoms. The monoisotopic (exact) mass is 336 g/mol. The molecule has 1 aliphatic heterocycles. The van der Waals surface area contributed by atoms with Crippen LogP contribution in [-0.2, 0) is 21.2 Å². The molecule has 1 atom stereocenters. The number of benzene rings is 1. The molecule has 1 aromatic carbocycles. The van der Waals surface area contributed by atoms with Crippen LogP contribution in [0.4, 0.5) is 5.69 Å². The third-order valence-corrected chi connectivity index (χ3v) is 4.93. The SMILES string of the molecule is C[C@H](Cc1ccco1)NS(=O)(=O)c1ccc2c(c1)NC(=O)CO2. The van der Waals surface area contributed by atoms with E-state index in [1.807, 2.05) is 0 Å². The van der Waals surface area contributed by atoms with Gasteiger partial charge in [0.2, 0.25) is 10.0 Å². The second-order valence-electron chi connectivity index (χ2n) is 5.30. The quantitative estimate of drug-likeness (QED) is 0.863. The number of fused-ring (bicyclic) bond motifs is 1. The summed E-state index contributed by atoms with van der Waals surface area (Å²) in [6.45, 7) is 1.68. The first kappa shape index (κ1) is 15.6. The standard InChI is InChI=1S/C15H16N2O5S/c1-10(7-11-3-2-6-21-11)17-23(19,20)12-4-5-14-13(8-12)16-15(18)9-22-14/h2-6,8,10,17H,7,9H2,1H3,(H,16,18)/t10-/m1/s1. The highest BCUT2D eigenvalue weighted by Gasteiger charge is 2.22. The fourth-order valence-corrected chi connectivity index (χ4v) is 3.60. The number of sulfonamides is 1. The molecule has 0 unspecified atom stereocenters. The molecule has 1 aromatic heterocycles. The Kier molecular flexibility index (Phi) is 4.10. The molecule has 2 aromatic rings. The van der Waals surface area contributed by atoms with E-state index in [0.29, 0.717) is 23.6 Å². The minimum atomic E-state index is -3.71. The number of hydrogen-bond acceptors (Lipinski definition) is 5. The van der Waals surface area contributed by atoms with Crippen molar-refractivity contribution in [2.45, 2.75) is 24.3 Å². The first-order valence-corrected chi connectivity index (χ1v) is 8.54. The van der Waals surface area contributed by atoms with Crippen molar-refractivity contribution in [3.05, 3.63) is 42.4 Å². The first-order valence-electron chi connectivity index (χ1n) is 7.05. The number of nitrogens with one attached hydrogen (secondary N) is 2. The van der Waals surface area contributed by atoms with E-state index in [2.05, 4.69) is 10.0 Å². The lowest BCUT2D eigenvalue weighted by Crippen LogP contribution is -2.34. The Hall–Kier alpha value is -2.32. The molecule has 2 N–H and O–H groups in total. The lowest BCUT2D eigenvalue weighted by molar-refractivity contribution is -0.118. The molecule has 0 saturated carbocycles. The first-order chi connectivity index (χ1) is 10.9. The van der Waals surface area contributed by atoms with E-state index < -0.39 is 10.0 Å². The van der Waals surface area contributed by atoms with Gasteiger partial charge in [-0.05, 0) is 37.3 Å². The molecular formula is C15H16N2O5S. The number of rotatable bonds is 5. The number of furan rings is 1. The van der Waals surface area contributed by atoms with Crippen LogP contribution in [0, 0.1) is 0 Å². The van der Waals surface area contributed by atoms with Gasteiger partial charge in [-0.2, -0.15) is 0 Å². The Balaban J connectivity index is 1.77. The van der Waals surface area contributed by atoms with Gasteiger partial charge < -0.3 is 14.5 Å². The lowest BCUT2D eigenvalue weighted by atomic mass is 10.2. The van der Waals surface area contributed by atoms with Crippen molar-refractivity contribution in [2.75, 3.05) is 11.9 Å². The fourth-order valence-electron chi connectivity index (χ4n) is 2.33. The lowest BCUT2D eigenvalue weighted by Gasteiger charge is -2.19. The number of hydrogen-bond donors (Lipinski definition) is 2. The third kappa shape index (κ3) is 3.54. The van der Waals surface area contributed by atoms with Crippen molar-refractivity contribution < 1.29 is 22.4 Å². The molecule has 0 fully saturated rings. The molecule has 0 bridgehead atoms. The van der Waals surface area contributed by atoms with Crippen molar-refractivity contribution in [2.24, 2.45) is 0 Å². The molecule has 3 rings (SSSR count). The summed E-state index contributed by atoms with van der Waals surface area (Å²) in [6.07, 6.45) is 1.99. The second-order valence-corrected chi connectivity index (χ2v) is 7.01. The largest absolute Gasteiger partial charge is 0.482 e. The van der Waals surface area contributed by atoms with E-state index in [9.17, 15) is 13.2 Å². The van der Waals surface area contributed by atoms with E-state index >= 15 is 0 Å². The van der Waals surface area contributed by atoms with E-state index in [0.717, 1.165) is 0 Å². The molecule has 1 aliphatic rings. The van der Waals surface area contributed by atoms with Crippen molar-refractivity contribution >= 4 is 21.6 Å². The Bertz CT molecular complexity index is 814. The summed E-state index contributed by atoms with van der Waals surface area (Å²) in [4.78, 5) is 11.4. The number of carbonyl (C=O) groups is 1. The summed E-state index contributed by atoms with van der Waals surface area (Å²) in [6, 6.07) is 7.56. The van der Waals surface area contributed by atoms with Gasteiger partial charge in [0.25, 0.3) is 5.91 Å². The van der Waals surface area contributed by atoms with Crippen LogP contribution in [-0.4, -0.2) is 27.0 Å². The number of anilines is 1. The highest BCUT2D eigenvalue weighted by molar-refractivity contribution is 7.89. The molecule has 122 valence electrons. The Morgan fingerprint density at radius 3 is 2.91 bits per heavy atom. The van der Waals surface area contributed by atoms with Crippen molar-refractivity contribution in [1.82, 2.24) is 4.72 Å². The van der Waals surface area contributed by atoms with Crippen LogP contribution < -0.4 is 14.8 Å². The second kappa shape index (κ2) is 6.05. The van der Waals surface area contributed by atoms with Crippen LogP contribution in [0.15, 0.2) is 45.9 Å². The third-order valence-electron chi connectivity index (χ3n) is 3.34. The highest BCUT2D eigenvalue weighted by atomic mass is 32.2. The number of carbonyl (C=O) groups excluding carboxylic acids is 1. The molecule has 0 spiro atoms. The summed E-state index contributed by atoms with van der Waals surface area (Å²) in [5.74, 6) is 0.838. The molecular weight excluding hydrogens is 320 g/mol. The molecule has 0 aliphatic carbocycles. The maximum atomic E-state index is 12.4. The smallest absolute Gasteiger partial charge is 0.262 e. The molecule has 23 heavy (non-hydrogen) atoms. The molecule has 0 saturated heterocycles. The van der Waals surface area contributed by atoms with E-state index in [1.165, 1.54) is 18.2 Å². The normalized spacial score (nSPS) is 15.4. The zero-order valence-electron chi connectivity index (χ0n) is 12.4. The topological polar surface area (TPSA) is 97.6 Å². The van der Waals surface area contributed by atoms with Crippen LogP contribution in [0.5, 0.6) is 5.75 Å². The van der Waals surface area contributed by atoms with Gasteiger partial charge in [0, 0.05) is 12.5 Å². The van der Waals surface area contributed by atoms with Crippen LogP contribution in [0.25, 0.3) is 0 Å². The van der Waals surface area contributed by atoms with Gasteiger partial charge in [-0.1, -0.05) is 0 Å². The zero-order chi connectivity index (χ0) is 16.4. The van der Waals surface area contributed by atoms with Gasteiger partial charge in [0.15, 0.2) is 6.61 Å². The average Bonchev–Trinajstić information content (AvgIpc) is 2.98. The summed E-state index contributed by atoms with van der Waals surface area (Å²) in [5.41, 5.74) is 0.350. The summed E-state index contributed by atoms with van der Waals surface area (Å²) in [5, 5.41) is 2.59. The average molecular weight is 336 g/mol. The predicted octanol–water partition coefficient (Wildman–Crippen LogP) is 1.52. The van der Waals surface area contributed by atoms with Gasteiger partial charge in [-0.3, -0.25) is 4.79 Å². The fraction of sp³-hybridized carbons (Fsp3) is 0.267. The van der Waals surface area contributed by atoms with E-state index in [4.69, 9.17) is 9.15 Å². The van der Waals surface area contributed by atoms with Crippen molar-refractivity contribution in [3.63, 3.8) is 0 Å². The predicted molar refractivity (Wildman–Crippen MR) is 82.8 cm³/mol. The van der Waals surface area contributed by atoms with Gasteiger partial charge in [0.05, 0.1) is 16.8 Å². The Labute approximate surface area is 133 Å².